The summed E-state index contributed by atoms with van der Waals surface area (Å²) in [7, 11) is -3.82. The number of carboxylic acids is 1. The maximum Gasteiger partial charge on any atom is 0.337 e. The molecule has 230 valence electrons. The molecule has 3 N–H and O–H groups in total. The van der Waals surface area contributed by atoms with Crippen molar-refractivity contribution in [3.8, 4) is 16.9 Å². The van der Waals surface area contributed by atoms with E-state index in [-0.39, 0.29) is 23.0 Å². The summed E-state index contributed by atoms with van der Waals surface area (Å²) in [6.07, 6.45) is 6.28. The van der Waals surface area contributed by atoms with Crippen LogP contribution < -0.4 is 14.8 Å². The molecular formula is C32H44N2O7S. The maximum absolute atomic E-state index is 14.2. The van der Waals surface area contributed by atoms with Gasteiger partial charge in [0.1, 0.15) is 12.4 Å². The van der Waals surface area contributed by atoms with E-state index in [0.29, 0.717) is 53.1 Å². The van der Waals surface area contributed by atoms with Crippen LogP contribution in [0.25, 0.3) is 11.1 Å². The number of carbonyl (C=O) groups excluding carboxylic acids is 1. The van der Waals surface area contributed by atoms with Gasteiger partial charge in [0.15, 0.2) is 11.9 Å². The van der Waals surface area contributed by atoms with Crippen LogP contribution in [0.5, 0.6) is 5.75 Å². The van der Waals surface area contributed by atoms with E-state index < -0.39 is 27.7 Å². The number of ether oxygens (including phenoxy) is 2. The highest BCUT2D eigenvalue weighted by Crippen LogP contribution is 2.45. The lowest BCUT2D eigenvalue weighted by atomic mass is 9.81. The summed E-state index contributed by atoms with van der Waals surface area (Å²) >= 11 is 0. The van der Waals surface area contributed by atoms with Gasteiger partial charge in [0, 0.05) is 24.1 Å². The Hall–Kier alpha value is -3.11. The van der Waals surface area contributed by atoms with Gasteiger partial charge < -0.3 is 19.9 Å². The number of rotatable bonds is 9. The minimum Gasteiger partial charge on any atom is -0.490 e. The molecular weight excluding hydrogens is 556 g/mol. The number of fused-ring (bicyclic) bond motifs is 1. The fourth-order valence-electron chi connectivity index (χ4n) is 6.20. The van der Waals surface area contributed by atoms with Crippen LogP contribution in [0.2, 0.25) is 0 Å². The van der Waals surface area contributed by atoms with Crippen molar-refractivity contribution in [1.82, 2.24) is 0 Å². The second-order valence-corrected chi connectivity index (χ2v) is 14.3. The molecule has 1 heterocycles. The van der Waals surface area contributed by atoms with Crippen LogP contribution in [0.1, 0.15) is 98.9 Å². The van der Waals surface area contributed by atoms with Crippen molar-refractivity contribution in [1.29, 1.82) is 0 Å². The van der Waals surface area contributed by atoms with E-state index in [4.69, 9.17) is 9.47 Å². The summed E-state index contributed by atoms with van der Waals surface area (Å²) in [5.74, 6) is -0.461. The molecule has 0 bridgehead atoms. The number of aliphatic carboxylic acids is 1. The number of ketones is 1. The van der Waals surface area contributed by atoms with Crippen molar-refractivity contribution >= 4 is 33.2 Å². The van der Waals surface area contributed by atoms with E-state index in [9.17, 15) is 23.1 Å². The van der Waals surface area contributed by atoms with Gasteiger partial charge >= 0.3 is 5.97 Å². The van der Waals surface area contributed by atoms with E-state index >= 15 is 0 Å². The minimum absolute atomic E-state index is 0.121. The van der Waals surface area contributed by atoms with Crippen molar-refractivity contribution in [3.05, 3.63) is 40.5 Å². The monoisotopic (exact) mass is 600 g/mol. The zero-order chi connectivity index (χ0) is 30.8. The predicted molar refractivity (Wildman–Crippen MR) is 165 cm³/mol. The van der Waals surface area contributed by atoms with Gasteiger partial charge in [-0.15, -0.1) is 0 Å². The third-order valence-corrected chi connectivity index (χ3v) is 8.54. The van der Waals surface area contributed by atoms with Crippen molar-refractivity contribution in [3.63, 3.8) is 0 Å². The highest BCUT2D eigenvalue weighted by Gasteiger charge is 2.36. The molecule has 2 aliphatic rings. The molecule has 1 saturated carbocycles. The number of carboxylic acid groups (broad SMARTS) is 1. The summed E-state index contributed by atoms with van der Waals surface area (Å²) < 4.78 is 39.8. The van der Waals surface area contributed by atoms with Gasteiger partial charge in [-0.2, -0.15) is 0 Å². The van der Waals surface area contributed by atoms with Crippen LogP contribution in [-0.2, 0) is 19.6 Å². The van der Waals surface area contributed by atoms with E-state index in [1.807, 2.05) is 18.2 Å². The van der Waals surface area contributed by atoms with Gasteiger partial charge in [0.05, 0.1) is 23.2 Å². The van der Waals surface area contributed by atoms with Gasteiger partial charge in [0.25, 0.3) is 0 Å². The zero-order valence-corrected chi connectivity index (χ0v) is 26.4. The number of Topliss-reactive ketones (excluding diaryl/α,β-unsaturated/α-hetero) is 1. The molecule has 1 aliphatic heterocycles. The van der Waals surface area contributed by atoms with Gasteiger partial charge in [-0.3, -0.25) is 9.52 Å². The Kier molecular flexibility index (Phi) is 9.57. The summed E-state index contributed by atoms with van der Waals surface area (Å²) in [4.78, 5) is 27.0. The summed E-state index contributed by atoms with van der Waals surface area (Å²) in [5, 5.41) is 13.8. The zero-order valence-electron chi connectivity index (χ0n) is 25.6. The molecule has 0 saturated heterocycles. The second-order valence-electron chi connectivity index (χ2n) is 12.6. The number of hydrogen-bond acceptors (Lipinski definition) is 7. The first kappa shape index (κ1) is 31.8. The van der Waals surface area contributed by atoms with Crippen LogP contribution in [0, 0.1) is 19.8 Å². The SMILES string of the molecule is Cc1c(C(=O)CC2CCCCCC2)c(NS(C)(=O)=O)c(C)c(C(OC(C)(C)C)C(=O)O)c1-c1ccc2c(c1)NCCO2. The van der Waals surface area contributed by atoms with Gasteiger partial charge in [0.2, 0.25) is 10.0 Å². The summed E-state index contributed by atoms with van der Waals surface area (Å²) in [6.45, 7) is 9.89. The first-order valence-corrected chi connectivity index (χ1v) is 16.6. The first-order valence-electron chi connectivity index (χ1n) is 14.8. The fraction of sp³-hybridized carbons (Fsp3) is 0.562. The first-order chi connectivity index (χ1) is 19.7. The van der Waals surface area contributed by atoms with Crippen LogP contribution >= 0.6 is 0 Å². The third-order valence-electron chi connectivity index (χ3n) is 7.96. The largest absolute Gasteiger partial charge is 0.490 e. The number of hydrogen-bond donors (Lipinski definition) is 3. The molecule has 4 rings (SSSR count). The van der Waals surface area contributed by atoms with Gasteiger partial charge in [-0.25, -0.2) is 13.2 Å². The number of carbonyl (C=O) groups is 2. The van der Waals surface area contributed by atoms with E-state index in [0.717, 1.165) is 50.5 Å². The molecule has 2 aromatic carbocycles. The molecule has 42 heavy (non-hydrogen) atoms. The molecule has 0 spiro atoms. The highest BCUT2D eigenvalue weighted by molar-refractivity contribution is 7.92. The van der Waals surface area contributed by atoms with Crippen molar-refractivity contribution < 1.29 is 32.6 Å². The van der Waals surface area contributed by atoms with Crippen molar-refractivity contribution in [2.45, 2.75) is 91.3 Å². The Balaban J connectivity index is 2.02. The summed E-state index contributed by atoms with van der Waals surface area (Å²) in [5.41, 5.74) is 2.73. The standard InChI is InChI=1S/C32H44N2O7S/c1-19-26(22-13-14-25-23(18-22)33-15-16-40-25)28(30(31(36)37)41-32(3,4)5)20(2)29(34-42(6,38)39)27(19)24(35)17-21-11-9-7-8-10-12-21/h13-14,18,21,30,33-34H,7-12,15-17H2,1-6H3,(H,36,37). The molecule has 2 aromatic rings. The fourth-order valence-corrected chi connectivity index (χ4v) is 6.83. The molecule has 10 heteroatoms. The highest BCUT2D eigenvalue weighted by atomic mass is 32.2. The average molecular weight is 601 g/mol. The molecule has 1 atom stereocenters. The molecule has 1 aliphatic carbocycles. The van der Waals surface area contributed by atoms with E-state index in [2.05, 4.69) is 10.0 Å². The molecule has 0 aromatic heterocycles. The van der Waals surface area contributed by atoms with Gasteiger partial charge in [-0.1, -0.05) is 44.6 Å². The normalized spacial score (nSPS) is 16.9. The summed E-state index contributed by atoms with van der Waals surface area (Å²) in [6, 6.07) is 5.56. The van der Waals surface area contributed by atoms with Crippen molar-refractivity contribution in [2.75, 3.05) is 29.4 Å². The van der Waals surface area contributed by atoms with Crippen LogP contribution in [-0.4, -0.2) is 50.3 Å². The molecule has 0 amide bonds. The predicted octanol–water partition coefficient (Wildman–Crippen LogP) is 6.63. The topological polar surface area (TPSA) is 131 Å². The lowest BCUT2D eigenvalue weighted by Gasteiger charge is -2.31. The number of sulfonamides is 1. The Morgan fingerprint density at radius 3 is 2.38 bits per heavy atom. The lowest BCUT2D eigenvalue weighted by molar-refractivity contribution is -0.160. The molecule has 1 unspecified atom stereocenters. The third kappa shape index (κ3) is 7.45. The van der Waals surface area contributed by atoms with Crippen LogP contribution in [0.3, 0.4) is 0 Å². The Labute approximate surface area is 249 Å². The van der Waals surface area contributed by atoms with Gasteiger partial charge in [-0.05, 0) is 74.9 Å². The van der Waals surface area contributed by atoms with Crippen LogP contribution in [0.4, 0.5) is 11.4 Å². The number of anilines is 2. The average Bonchev–Trinajstić information content (AvgIpc) is 3.16. The Bertz CT molecular complexity index is 1450. The minimum atomic E-state index is -3.82. The molecule has 1 fully saturated rings. The lowest BCUT2D eigenvalue weighted by Crippen LogP contribution is -2.29. The van der Waals surface area contributed by atoms with Crippen LogP contribution in [0.15, 0.2) is 18.2 Å². The smallest absolute Gasteiger partial charge is 0.337 e. The Morgan fingerprint density at radius 1 is 1.12 bits per heavy atom. The quantitative estimate of drug-likeness (QED) is 0.216. The number of nitrogens with one attached hydrogen (secondary N) is 2. The van der Waals surface area contributed by atoms with E-state index in [1.54, 1.807) is 34.6 Å². The Morgan fingerprint density at radius 2 is 1.79 bits per heavy atom. The molecule has 9 nitrogen and oxygen atoms in total. The second kappa shape index (κ2) is 12.6. The van der Waals surface area contributed by atoms with Crippen molar-refractivity contribution in [2.24, 2.45) is 5.92 Å². The maximum atomic E-state index is 14.2. The number of benzene rings is 2. The van der Waals surface area contributed by atoms with E-state index in [1.165, 1.54) is 0 Å². The molecule has 0 radical (unpaired) electrons.